The molecule has 0 spiro atoms. The normalized spacial score (nSPS) is 11.9. The fraction of sp³-hybridized carbons (Fsp3) is 0.222. The molecule has 0 unspecified atom stereocenters. The van der Waals surface area contributed by atoms with Gasteiger partial charge in [-0.25, -0.2) is 13.1 Å². The van der Waals surface area contributed by atoms with Crippen LogP contribution in [0.25, 0.3) is 0 Å². The van der Waals surface area contributed by atoms with Crippen molar-refractivity contribution in [1.29, 1.82) is 0 Å². The van der Waals surface area contributed by atoms with Crippen LogP contribution in [0, 0.1) is 0 Å². The second-order valence-electron chi connectivity index (χ2n) is 5.71. The highest BCUT2D eigenvalue weighted by atomic mass is 32.2. The number of rotatable bonds is 8. The predicted octanol–water partition coefficient (Wildman–Crippen LogP) is 3.45. The van der Waals surface area contributed by atoms with Crippen LogP contribution in [0.15, 0.2) is 68.8 Å². The van der Waals surface area contributed by atoms with Crippen molar-refractivity contribution in [3.05, 3.63) is 76.4 Å². The van der Waals surface area contributed by atoms with E-state index in [9.17, 15) is 8.42 Å². The Morgan fingerprint density at radius 3 is 2.40 bits per heavy atom. The maximum absolute atomic E-state index is 11.8. The van der Waals surface area contributed by atoms with Gasteiger partial charge in [0.2, 0.25) is 10.0 Å². The summed E-state index contributed by atoms with van der Waals surface area (Å²) in [5, 5.41) is 4.20. The van der Waals surface area contributed by atoms with Crippen LogP contribution in [0.5, 0.6) is 0 Å². The zero-order valence-corrected chi connectivity index (χ0v) is 15.5. The van der Waals surface area contributed by atoms with Crippen molar-refractivity contribution in [2.24, 2.45) is 0 Å². The molecule has 1 N–H and O–H groups in total. The van der Waals surface area contributed by atoms with Crippen LogP contribution in [0.4, 0.5) is 0 Å². The number of furan rings is 1. The smallest absolute Gasteiger partial charge is 0.240 e. The summed E-state index contributed by atoms with van der Waals surface area (Å²) in [6, 6.07) is 12.9. The molecule has 3 rings (SSSR count). The number of thiophene rings is 1. The van der Waals surface area contributed by atoms with E-state index in [-0.39, 0.29) is 4.90 Å². The zero-order chi connectivity index (χ0) is 17.7. The molecule has 2 heterocycles. The van der Waals surface area contributed by atoms with Crippen molar-refractivity contribution in [2.75, 3.05) is 7.05 Å². The first-order chi connectivity index (χ1) is 12.1. The van der Waals surface area contributed by atoms with Crippen LogP contribution in [-0.4, -0.2) is 20.4 Å². The van der Waals surface area contributed by atoms with E-state index in [1.807, 2.05) is 24.3 Å². The van der Waals surface area contributed by atoms with Crippen LogP contribution >= 0.6 is 11.3 Å². The molecule has 3 aromatic rings. The fourth-order valence-corrected chi connectivity index (χ4v) is 3.97. The van der Waals surface area contributed by atoms with Gasteiger partial charge in [0.05, 0.1) is 17.7 Å². The lowest BCUT2D eigenvalue weighted by Crippen LogP contribution is -2.22. The molecule has 25 heavy (non-hydrogen) atoms. The number of benzene rings is 1. The van der Waals surface area contributed by atoms with Crippen molar-refractivity contribution >= 4 is 21.4 Å². The van der Waals surface area contributed by atoms with Crippen molar-refractivity contribution in [1.82, 2.24) is 9.62 Å². The lowest BCUT2D eigenvalue weighted by Gasteiger charge is -2.21. The summed E-state index contributed by atoms with van der Waals surface area (Å²) in [5.74, 6) is 0.907. The minimum Gasteiger partial charge on any atom is -0.468 e. The van der Waals surface area contributed by atoms with E-state index in [0.717, 1.165) is 17.9 Å². The van der Waals surface area contributed by atoms with Gasteiger partial charge in [0.15, 0.2) is 0 Å². The molecule has 132 valence electrons. The minimum absolute atomic E-state index is 0.272. The Kier molecular flexibility index (Phi) is 5.70. The molecular formula is C18H20N2O3S2. The summed E-state index contributed by atoms with van der Waals surface area (Å²) >= 11 is 1.68. The van der Waals surface area contributed by atoms with Crippen molar-refractivity contribution in [2.45, 2.75) is 24.5 Å². The summed E-state index contributed by atoms with van der Waals surface area (Å²) in [6.45, 7) is 2.20. The van der Waals surface area contributed by atoms with E-state index < -0.39 is 10.0 Å². The van der Waals surface area contributed by atoms with Gasteiger partial charge in [-0.2, -0.15) is 11.3 Å². The Bertz CT molecular complexity index is 835. The summed E-state index contributed by atoms with van der Waals surface area (Å²) in [4.78, 5) is 2.54. The maximum Gasteiger partial charge on any atom is 0.240 e. The topological polar surface area (TPSA) is 62.6 Å². The van der Waals surface area contributed by atoms with Gasteiger partial charge in [0, 0.05) is 13.1 Å². The van der Waals surface area contributed by atoms with Crippen LogP contribution < -0.4 is 4.72 Å². The third-order valence-electron chi connectivity index (χ3n) is 3.85. The van der Waals surface area contributed by atoms with Gasteiger partial charge in [0.25, 0.3) is 0 Å². The molecule has 0 aliphatic heterocycles. The molecule has 0 aliphatic carbocycles. The molecule has 2 aromatic heterocycles. The summed E-state index contributed by atoms with van der Waals surface area (Å²) < 4.78 is 31.5. The highest BCUT2D eigenvalue weighted by Gasteiger charge is 2.13. The fourth-order valence-electron chi connectivity index (χ4n) is 2.58. The average Bonchev–Trinajstić information content (AvgIpc) is 3.29. The predicted molar refractivity (Wildman–Crippen MR) is 98.7 cm³/mol. The molecular weight excluding hydrogens is 356 g/mol. The molecule has 0 bridgehead atoms. The quantitative estimate of drug-likeness (QED) is 0.654. The first-order valence-corrected chi connectivity index (χ1v) is 10.3. The SMILES string of the molecule is CNS(=O)(=O)c1ccc(CN(Cc2ccsc2)Cc2ccco2)cc1. The van der Waals surface area contributed by atoms with E-state index in [1.54, 1.807) is 29.7 Å². The van der Waals surface area contributed by atoms with E-state index in [2.05, 4.69) is 26.4 Å². The van der Waals surface area contributed by atoms with Crippen molar-refractivity contribution in [3.63, 3.8) is 0 Å². The molecule has 0 saturated heterocycles. The maximum atomic E-state index is 11.8. The molecule has 1 aromatic carbocycles. The number of nitrogens with one attached hydrogen (secondary N) is 1. The highest BCUT2D eigenvalue weighted by molar-refractivity contribution is 7.89. The van der Waals surface area contributed by atoms with Crippen molar-refractivity contribution < 1.29 is 12.8 Å². The third kappa shape index (κ3) is 4.79. The van der Waals surface area contributed by atoms with Gasteiger partial charge in [-0.15, -0.1) is 0 Å². The van der Waals surface area contributed by atoms with Gasteiger partial charge < -0.3 is 4.42 Å². The zero-order valence-electron chi connectivity index (χ0n) is 13.9. The molecule has 0 fully saturated rings. The standard InChI is InChI=1S/C18H20N2O3S2/c1-19-25(21,22)18-6-4-15(5-7-18)11-20(12-16-8-10-24-14-16)13-17-3-2-9-23-17/h2-10,14,19H,11-13H2,1H3. The Morgan fingerprint density at radius 1 is 1.04 bits per heavy atom. The molecule has 0 atom stereocenters. The number of hydrogen-bond acceptors (Lipinski definition) is 5. The molecule has 5 nitrogen and oxygen atoms in total. The van der Waals surface area contributed by atoms with E-state index in [0.29, 0.717) is 13.1 Å². The molecule has 0 saturated carbocycles. The minimum atomic E-state index is -3.40. The Morgan fingerprint density at radius 2 is 1.80 bits per heavy atom. The van der Waals surface area contributed by atoms with Gasteiger partial charge >= 0.3 is 0 Å². The number of sulfonamides is 1. The van der Waals surface area contributed by atoms with Crippen LogP contribution in [0.1, 0.15) is 16.9 Å². The average molecular weight is 377 g/mol. The number of hydrogen-bond donors (Lipinski definition) is 1. The van der Waals surface area contributed by atoms with E-state index in [4.69, 9.17) is 4.42 Å². The van der Waals surface area contributed by atoms with Crippen LogP contribution in [0.3, 0.4) is 0 Å². The lowest BCUT2D eigenvalue weighted by atomic mass is 10.2. The Labute approximate surface area is 152 Å². The van der Waals surface area contributed by atoms with E-state index in [1.165, 1.54) is 12.6 Å². The van der Waals surface area contributed by atoms with E-state index >= 15 is 0 Å². The second-order valence-corrected chi connectivity index (χ2v) is 8.37. The van der Waals surface area contributed by atoms with Gasteiger partial charge in [-0.05, 0) is 59.3 Å². The largest absolute Gasteiger partial charge is 0.468 e. The van der Waals surface area contributed by atoms with Gasteiger partial charge in [-0.1, -0.05) is 12.1 Å². The van der Waals surface area contributed by atoms with Crippen LogP contribution in [0.2, 0.25) is 0 Å². The van der Waals surface area contributed by atoms with Gasteiger partial charge in [0.1, 0.15) is 5.76 Å². The first-order valence-electron chi connectivity index (χ1n) is 7.85. The Hall–Kier alpha value is -1.93. The van der Waals surface area contributed by atoms with Crippen LogP contribution in [-0.2, 0) is 29.7 Å². The first kappa shape index (κ1) is 17.9. The molecule has 0 amide bonds. The third-order valence-corrected chi connectivity index (χ3v) is 6.02. The summed E-state index contributed by atoms with van der Waals surface area (Å²) in [7, 11) is -1.99. The molecule has 0 radical (unpaired) electrons. The Balaban J connectivity index is 1.75. The molecule has 0 aliphatic rings. The molecule has 7 heteroatoms. The van der Waals surface area contributed by atoms with Crippen molar-refractivity contribution in [3.8, 4) is 0 Å². The summed E-state index contributed by atoms with van der Waals surface area (Å²) in [6.07, 6.45) is 1.68. The number of nitrogens with zero attached hydrogens (tertiary/aromatic N) is 1. The monoisotopic (exact) mass is 376 g/mol. The highest BCUT2D eigenvalue weighted by Crippen LogP contribution is 2.17. The summed E-state index contributed by atoms with van der Waals surface area (Å²) in [5.41, 5.74) is 2.31. The van der Waals surface area contributed by atoms with Gasteiger partial charge in [-0.3, -0.25) is 4.90 Å². The lowest BCUT2D eigenvalue weighted by molar-refractivity contribution is 0.227. The second kappa shape index (κ2) is 7.97.